The van der Waals surface area contributed by atoms with E-state index in [9.17, 15) is 13.2 Å². The van der Waals surface area contributed by atoms with Crippen LogP contribution < -0.4 is 4.74 Å². The Morgan fingerprint density at radius 2 is 1.73 bits per heavy atom. The molecule has 0 aromatic heterocycles. The molecule has 142 valence electrons. The summed E-state index contributed by atoms with van der Waals surface area (Å²) in [5.41, 5.74) is 1.44. The number of ether oxygens (including phenoxy) is 1. The summed E-state index contributed by atoms with van der Waals surface area (Å²) >= 11 is 0. The third-order valence-electron chi connectivity index (χ3n) is 3.60. The summed E-state index contributed by atoms with van der Waals surface area (Å²) in [5.74, 6) is 1.13. The highest BCUT2D eigenvalue weighted by atomic mass is 32.2. The zero-order valence-electron chi connectivity index (χ0n) is 15.7. The third kappa shape index (κ3) is 8.30. The Morgan fingerprint density at radius 1 is 1.04 bits per heavy atom. The standard InChI is InChI=1S/C11H14O4S.C10H14/c1-2-3-7-16(13,14)11-6-4-5-10(8-11)15-9-12;1-9(2)8-10-6-4-3-5-7-10/h4-6,8-9H,2-3,7H2,1H3;3-7,9H,8H2,1-2H3. The van der Waals surface area contributed by atoms with Gasteiger partial charge in [0.2, 0.25) is 0 Å². The van der Waals surface area contributed by atoms with E-state index in [0.29, 0.717) is 6.42 Å². The molecule has 0 spiro atoms. The lowest BCUT2D eigenvalue weighted by molar-refractivity contribution is -0.120. The van der Waals surface area contributed by atoms with Gasteiger partial charge in [0.15, 0.2) is 9.84 Å². The van der Waals surface area contributed by atoms with Crippen molar-refractivity contribution in [3.63, 3.8) is 0 Å². The molecule has 0 saturated heterocycles. The summed E-state index contributed by atoms with van der Waals surface area (Å²) in [6.45, 7) is 6.69. The molecule has 0 radical (unpaired) electrons. The fourth-order valence-electron chi connectivity index (χ4n) is 2.33. The van der Waals surface area contributed by atoms with Crippen molar-refractivity contribution >= 4 is 16.3 Å². The van der Waals surface area contributed by atoms with Gasteiger partial charge in [-0.15, -0.1) is 0 Å². The number of benzene rings is 2. The van der Waals surface area contributed by atoms with E-state index >= 15 is 0 Å². The van der Waals surface area contributed by atoms with E-state index < -0.39 is 9.84 Å². The van der Waals surface area contributed by atoms with Gasteiger partial charge in [-0.25, -0.2) is 8.42 Å². The lowest BCUT2D eigenvalue weighted by Crippen LogP contribution is -2.06. The highest BCUT2D eigenvalue weighted by molar-refractivity contribution is 7.91. The number of carbonyl (C=O) groups excluding carboxylic acids is 1. The predicted octanol–water partition coefficient (Wildman–Crippen LogP) is 4.68. The van der Waals surface area contributed by atoms with Crippen LogP contribution in [-0.4, -0.2) is 20.6 Å². The van der Waals surface area contributed by atoms with Crippen LogP contribution in [-0.2, 0) is 21.1 Å². The van der Waals surface area contributed by atoms with Gasteiger partial charge >= 0.3 is 0 Å². The van der Waals surface area contributed by atoms with Gasteiger partial charge in [0, 0.05) is 0 Å². The topological polar surface area (TPSA) is 60.4 Å². The van der Waals surface area contributed by atoms with Crippen molar-refractivity contribution in [1.82, 2.24) is 0 Å². The van der Waals surface area contributed by atoms with Crippen LogP contribution in [0.25, 0.3) is 0 Å². The molecule has 0 atom stereocenters. The summed E-state index contributed by atoms with van der Waals surface area (Å²) in [7, 11) is -3.26. The van der Waals surface area contributed by atoms with Crippen molar-refractivity contribution in [3.05, 3.63) is 60.2 Å². The van der Waals surface area contributed by atoms with Crippen LogP contribution in [0, 0.1) is 5.92 Å². The Morgan fingerprint density at radius 3 is 2.31 bits per heavy atom. The van der Waals surface area contributed by atoms with Gasteiger partial charge in [-0.05, 0) is 42.5 Å². The minimum Gasteiger partial charge on any atom is -0.429 e. The Balaban J connectivity index is 0.000000289. The second kappa shape index (κ2) is 11.5. The van der Waals surface area contributed by atoms with Crippen LogP contribution in [0.15, 0.2) is 59.5 Å². The molecular formula is C21H28O4S. The summed E-state index contributed by atoms with van der Waals surface area (Å²) < 4.78 is 28.2. The Kier molecular flexibility index (Phi) is 9.66. The molecule has 2 aromatic carbocycles. The van der Waals surface area contributed by atoms with Crippen molar-refractivity contribution in [2.75, 3.05) is 5.75 Å². The van der Waals surface area contributed by atoms with Crippen LogP contribution in [0.5, 0.6) is 5.75 Å². The van der Waals surface area contributed by atoms with E-state index in [4.69, 9.17) is 0 Å². The van der Waals surface area contributed by atoms with E-state index in [1.807, 2.05) is 6.92 Å². The van der Waals surface area contributed by atoms with E-state index in [1.165, 1.54) is 30.2 Å². The highest BCUT2D eigenvalue weighted by Gasteiger charge is 2.14. The highest BCUT2D eigenvalue weighted by Crippen LogP contribution is 2.19. The first-order valence-corrected chi connectivity index (χ1v) is 10.5. The van der Waals surface area contributed by atoms with Crippen LogP contribution in [0.3, 0.4) is 0 Å². The number of hydrogen-bond donors (Lipinski definition) is 0. The smallest absolute Gasteiger partial charge is 0.298 e. The van der Waals surface area contributed by atoms with Crippen LogP contribution in [0.2, 0.25) is 0 Å². The predicted molar refractivity (Wildman–Crippen MR) is 105 cm³/mol. The first-order valence-electron chi connectivity index (χ1n) is 8.86. The summed E-state index contributed by atoms with van der Waals surface area (Å²) in [5, 5.41) is 0. The Bertz CT molecular complexity index is 753. The zero-order chi connectivity index (χ0) is 19.4. The van der Waals surface area contributed by atoms with E-state index in [-0.39, 0.29) is 22.9 Å². The number of rotatable bonds is 8. The normalized spacial score (nSPS) is 10.8. The maximum Gasteiger partial charge on any atom is 0.298 e. The molecule has 0 aliphatic heterocycles. The molecule has 0 amide bonds. The quantitative estimate of drug-likeness (QED) is 0.628. The van der Waals surface area contributed by atoms with Crippen LogP contribution in [0.1, 0.15) is 39.2 Å². The third-order valence-corrected chi connectivity index (χ3v) is 5.40. The van der Waals surface area contributed by atoms with E-state index in [0.717, 1.165) is 12.3 Å². The van der Waals surface area contributed by atoms with E-state index in [2.05, 4.69) is 48.9 Å². The molecule has 0 bridgehead atoms. The number of carbonyl (C=O) groups is 1. The largest absolute Gasteiger partial charge is 0.429 e. The molecule has 0 saturated carbocycles. The fraction of sp³-hybridized carbons (Fsp3) is 0.381. The van der Waals surface area contributed by atoms with Gasteiger partial charge in [-0.1, -0.05) is 63.6 Å². The number of unbranched alkanes of at least 4 members (excludes halogenated alkanes) is 1. The average molecular weight is 377 g/mol. The minimum absolute atomic E-state index is 0.119. The maximum absolute atomic E-state index is 11.8. The average Bonchev–Trinajstić information content (AvgIpc) is 2.61. The first-order chi connectivity index (χ1) is 12.4. The maximum atomic E-state index is 11.8. The van der Waals surface area contributed by atoms with Crippen molar-refractivity contribution in [3.8, 4) is 5.75 Å². The van der Waals surface area contributed by atoms with Gasteiger partial charge in [-0.2, -0.15) is 0 Å². The molecule has 0 aliphatic rings. The van der Waals surface area contributed by atoms with Gasteiger partial charge in [0.05, 0.1) is 10.6 Å². The first kappa shape index (κ1) is 21.9. The van der Waals surface area contributed by atoms with Gasteiger partial charge in [0.25, 0.3) is 6.47 Å². The Hall–Kier alpha value is -2.14. The molecule has 0 unspecified atom stereocenters. The number of sulfone groups is 1. The van der Waals surface area contributed by atoms with E-state index in [1.54, 1.807) is 6.07 Å². The minimum atomic E-state index is -3.26. The second-order valence-electron chi connectivity index (χ2n) is 6.44. The van der Waals surface area contributed by atoms with Crippen molar-refractivity contribution in [1.29, 1.82) is 0 Å². The molecule has 0 aliphatic carbocycles. The number of hydrogen-bond acceptors (Lipinski definition) is 4. The van der Waals surface area contributed by atoms with Gasteiger partial charge < -0.3 is 4.74 Å². The lowest BCUT2D eigenvalue weighted by Gasteiger charge is -2.04. The van der Waals surface area contributed by atoms with Crippen molar-refractivity contribution in [2.24, 2.45) is 5.92 Å². The molecular weight excluding hydrogens is 348 g/mol. The molecule has 0 N–H and O–H groups in total. The van der Waals surface area contributed by atoms with Crippen molar-refractivity contribution < 1.29 is 17.9 Å². The van der Waals surface area contributed by atoms with Crippen molar-refractivity contribution in [2.45, 2.75) is 44.9 Å². The molecule has 26 heavy (non-hydrogen) atoms. The van der Waals surface area contributed by atoms with Crippen LogP contribution in [0.4, 0.5) is 0 Å². The Labute approximate surface area is 157 Å². The SMILES string of the molecule is CC(C)Cc1ccccc1.CCCCS(=O)(=O)c1cccc(OC=O)c1. The monoisotopic (exact) mass is 376 g/mol. The van der Waals surface area contributed by atoms with Crippen LogP contribution >= 0.6 is 0 Å². The zero-order valence-corrected chi connectivity index (χ0v) is 16.5. The fourth-order valence-corrected chi connectivity index (χ4v) is 3.82. The molecule has 2 rings (SSSR count). The molecule has 5 heteroatoms. The second-order valence-corrected chi connectivity index (χ2v) is 8.55. The molecule has 0 heterocycles. The molecule has 4 nitrogen and oxygen atoms in total. The summed E-state index contributed by atoms with van der Waals surface area (Å²) in [6.07, 6.45) is 2.64. The van der Waals surface area contributed by atoms with Gasteiger partial charge in [0.1, 0.15) is 5.75 Å². The summed E-state index contributed by atoms with van der Waals surface area (Å²) in [6, 6.07) is 16.6. The van der Waals surface area contributed by atoms with Gasteiger partial charge in [-0.3, -0.25) is 4.79 Å². The summed E-state index contributed by atoms with van der Waals surface area (Å²) in [4.78, 5) is 10.3. The molecule has 0 fully saturated rings. The lowest BCUT2D eigenvalue weighted by atomic mass is 10.0. The molecule has 2 aromatic rings.